The van der Waals surface area contributed by atoms with Gasteiger partial charge in [0.2, 0.25) is 11.8 Å². The maximum Gasteiger partial charge on any atom is 0.266 e. The van der Waals surface area contributed by atoms with Gasteiger partial charge in [0.25, 0.3) is 5.92 Å². The molecule has 2 fully saturated rings. The van der Waals surface area contributed by atoms with Crippen molar-refractivity contribution in [3.05, 3.63) is 18.0 Å². The van der Waals surface area contributed by atoms with E-state index in [4.69, 9.17) is 0 Å². The fourth-order valence-electron chi connectivity index (χ4n) is 3.81. The summed E-state index contributed by atoms with van der Waals surface area (Å²) in [5.74, 6) is -3.70. The zero-order valence-electron chi connectivity index (χ0n) is 14.0. The van der Waals surface area contributed by atoms with Crippen LogP contribution in [-0.4, -0.2) is 63.5 Å². The van der Waals surface area contributed by atoms with Crippen LogP contribution in [0.4, 0.5) is 8.78 Å². The van der Waals surface area contributed by atoms with Crippen molar-refractivity contribution >= 4 is 11.8 Å². The van der Waals surface area contributed by atoms with Gasteiger partial charge in [0.15, 0.2) is 0 Å². The van der Waals surface area contributed by atoms with Crippen molar-refractivity contribution in [1.82, 2.24) is 19.6 Å². The number of rotatable bonds is 3. The lowest BCUT2D eigenvalue weighted by molar-refractivity contribution is -0.162. The maximum absolute atomic E-state index is 14.3. The largest absolute Gasteiger partial charge is 0.342 e. The molecule has 0 N–H and O–H groups in total. The van der Waals surface area contributed by atoms with Crippen LogP contribution in [0.5, 0.6) is 0 Å². The summed E-state index contributed by atoms with van der Waals surface area (Å²) in [5.41, 5.74) is -0.601. The molecule has 2 aliphatic heterocycles. The molecule has 8 heteroatoms. The number of hydrogen-bond donors (Lipinski definition) is 0. The van der Waals surface area contributed by atoms with Crippen LogP contribution in [0.2, 0.25) is 0 Å². The van der Waals surface area contributed by atoms with Gasteiger partial charge in [0, 0.05) is 39.3 Å². The van der Waals surface area contributed by atoms with E-state index in [0.717, 1.165) is 4.90 Å². The molecule has 2 amide bonds. The number of aryl methyl sites for hydroxylation is 1. The fraction of sp³-hybridized carbons (Fsp3) is 0.688. The first-order valence-electron chi connectivity index (χ1n) is 8.18. The van der Waals surface area contributed by atoms with Gasteiger partial charge in [-0.2, -0.15) is 5.10 Å². The summed E-state index contributed by atoms with van der Waals surface area (Å²) in [4.78, 5) is 27.8. The number of carbonyl (C=O) groups is 2. The molecule has 0 aromatic carbocycles. The molecule has 1 aromatic heterocycles. The average Bonchev–Trinajstić information content (AvgIpc) is 3.02. The van der Waals surface area contributed by atoms with Gasteiger partial charge in [-0.25, -0.2) is 8.78 Å². The first-order valence-corrected chi connectivity index (χ1v) is 8.18. The topological polar surface area (TPSA) is 58.4 Å². The predicted molar refractivity (Wildman–Crippen MR) is 82.4 cm³/mol. The average molecular weight is 340 g/mol. The third-order valence-electron chi connectivity index (χ3n) is 4.95. The molecule has 0 radical (unpaired) electrons. The number of piperidine rings is 1. The van der Waals surface area contributed by atoms with Crippen LogP contribution in [0.1, 0.15) is 25.5 Å². The van der Waals surface area contributed by atoms with Gasteiger partial charge in [0.1, 0.15) is 0 Å². The Morgan fingerprint density at radius 1 is 1.38 bits per heavy atom. The van der Waals surface area contributed by atoms with Crippen molar-refractivity contribution in [1.29, 1.82) is 0 Å². The van der Waals surface area contributed by atoms with E-state index in [9.17, 15) is 18.4 Å². The van der Waals surface area contributed by atoms with Crippen LogP contribution in [0, 0.1) is 5.41 Å². The minimum absolute atomic E-state index is 0.0291. The van der Waals surface area contributed by atoms with Gasteiger partial charge >= 0.3 is 0 Å². The standard InChI is InChI=1S/C16H22F2N4O2/c1-3-21-7-5-15(14(21)24)9-16(17,18)11-22(10-15)13(23)8-12-4-6-20(2)19-12/h4,6H,3,5,7-11H2,1-2H3. The second-order valence-electron chi connectivity index (χ2n) is 6.86. The first-order chi connectivity index (χ1) is 11.2. The van der Waals surface area contributed by atoms with E-state index < -0.39 is 30.2 Å². The van der Waals surface area contributed by atoms with E-state index in [-0.39, 0.29) is 18.9 Å². The van der Waals surface area contributed by atoms with Crippen molar-refractivity contribution < 1.29 is 18.4 Å². The minimum Gasteiger partial charge on any atom is -0.342 e. The molecule has 3 heterocycles. The number of amides is 2. The lowest BCUT2D eigenvalue weighted by atomic mass is 9.77. The fourth-order valence-corrected chi connectivity index (χ4v) is 3.81. The maximum atomic E-state index is 14.3. The summed E-state index contributed by atoms with van der Waals surface area (Å²) in [6, 6.07) is 1.69. The Hall–Kier alpha value is -1.99. The Morgan fingerprint density at radius 2 is 2.12 bits per heavy atom. The number of aromatic nitrogens is 2. The normalized spacial score (nSPS) is 26.4. The molecule has 2 saturated heterocycles. The van der Waals surface area contributed by atoms with Gasteiger partial charge in [-0.3, -0.25) is 14.3 Å². The third kappa shape index (κ3) is 3.01. The zero-order valence-corrected chi connectivity index (χ0v) is 14.0. The Kier molecular flexibility index (Phi) is 4.09. The highest BCUT2D eigenvalue weighted by Gasteiger charge is 2.57. The van der Waals surface area contributed by atoms with Crippen LogP contribution in [-0.2, 0) is 23.1 Å². The molecular formula is C16H22F2N4O2. The minimum atomic E-state index is -3.04. The second-order valence-corrected chi connectivity index (χ2v) is 6.86. The van der Waals surface area contributed by atoms with Crippen LogP contribution in [0.25, 0.3) is 0 Å². The van der Waals surface area contributed by atoms with E-state index in [0.29, 0.717) is 25.2 Å². The molecule has 0 saturated carbocycles. The van der Waals surface area contributed by atoms with Gasteiger partial charge in [-0.1, -0.05) is 0 Å². The molecule has 0 aliphatic carbocycles. The Morgan fingerprint density at radius 3 is 2.71 bits per heavy atom. The molecule has 2 aliphatic rings. The second kappa shape index (κ2) is 5.82. The van der Waals surface area contributed by atoms with Gasteiger partial charge < -0.3 is 9.80 Å². The zero-order chi connectivity index (χ0) is 17.5. The number of halogens is 2. The molecule has 3 rings (SSSR count). The van der Waals surface area contributed by atoms with E-state index in [2.05, 4.69) is 5.10 Å². The summed E-state index contributed by atoms with van der Waals surface area (Å²) < 4.78 is 30.1. The van der Waals surface area contributed by atoms with E-state index in [1.807, 2.05) is 6.92 Å². The quantitative estimate of drug-likeness (QED) is 0.827. The number of carbonyl (C=O) groups excluding carboxylic acids is 2. The van der Waals surface area contributed by atoms with Crippen molar-refractivity contribution in [2.75, 3.05) is 26.2 Å². The smallest absolute Gasteiger partial charge is 0.266 e. The highest BCUT2D eigenvalue weighted by atomic mass is 19.3. The summed E-state index contributed by atoms with van der Waals surface area (Å²) in [5, 5.41) is 4.12. The molecule has 132 valence electrons. The molecule has 24 heavy (non-hydrogen) atoms. The van der Waals surface area contributed by atoms with Gasteiger partial charge in [-0.05, 0) is 19.4 Å². The highest BCUT2D eigenvalue weighted by molar-refractivity contribution is 5.87. The molecule has 1 unspecified atom stereocenters. The molecular weight excluding hydrogens is 318 g/mol. The molecule has 1 aromatic rings. The molecule has 1 spiro atoms. The van der Waals surface area contributed by atoms with Crippen molar-refractivity contribution in [2.24, 2.45) is 12.5 Å². The van der Waals surface area contributed by atoms with Gasteiger partial charge in [-0.15, -0.1) is 0 Å². The van der Waals surface area contributed by atoms with Crippen LogP contribution >= 0.6 is 0 Å². The first kappa shape index (κ1) is 16.9. The van der Waals surface area contributed by atoms with E-state index in [1.165, 1.54) is 0 Å². The third-order valence-corrected chi connectivity index (χ3v) is 4.95. The Labute approximate surface area is 139 Å². The van der Waals surface area contributed by atoms with Crippen molar-refractivity contribution in [3.63, 3.8) is 0 Å². The molecule has 0 bridgehead atoms. The summed E-state index contributed by atoms with van der Waals surface area (Å²) in [7, 11) is 1.73. The van der Waals surface area contributed by atoms with E-state index in [1.54, 1.807) is 28.9 Å². The highest BCUT2D eigenvalue weighted by Crippen LogP contribution is 2.45. The van der Waals surface area contributed by atoms with Gasteiger partial charge in [0.05, 0.1) is 24.1 Å². The number of alkyl halides is 2. The van der Waals surface area contributed by atoms with Crippen LogP contribution < -0.4 is 0 Å². The van der Waals surface area contributed by atoms with E-state index >= 15 is 0 Å². The lowest BCUT2D eigenvalue weighted by Crippen LogP contribution is -2.57. The van der Waals surface area contributed by atoms with Crippen molar-refractivity contribution in [2.45, 2.75) is 32.1 Å². The monoisotopic (exact) mass is 340 g/mol. The number of nitrogens with zero attached hydrogens (tertiary/aromatic N) is 4. The lowest BCUT2D eigenvalue weighted by Gasteiger charge is -2.42. The summed E-state index contributed by atoms with van der Waals surface area (Å²) in [6.45, 7) is 2.27. The Bertz CT molecular complexity index is 660. The molecule has 6 nitrogen and oxygen atoms in total. The summed E-state index contributed by atoms with van der Waals surface area (Å²) >= 11 is 0. The SMILES string of the molecule is CCN1CCC2(CN(C(=O)Cc3ccn(C)n3)CC(F)(F)C2)C1=O. The van der Waals surface area contributed by atoms with Crippen LogP contribution in [0.15, 0.2) is 12.3 Å². The predicted octanol–water partition coefficient (Wildman–Crippen LogP) is 1.07. The van der Waals surface area contributed by atoms with Crippen LogP contribution in [0.3, 0.4) is 0 Å². The number of hydrogen-bond acceptors (Lipinski definition) is 3. The Balaban J connectivity index is 1.79. The summed E-state index contributed by atoms with van der Waals surface area (Å²) in [6.07, 6.45) is 1.58. The molecule has 1 atom stereocenters. The number of likely N-dealkylation sites (tertiary alicyclic amines) is 2. The van der Waals surface area contributed by atoms with Crippen molar-refractivity contribution in [3.8, 4) is 0 Å².